The van der Waals surface area contributed by atoms with Gasteiger partial charge in [0.1, 0.15) is 0 Å². The van der Waals surface area contributed by atoms with Gasteiger partial charge in [-0.3, -0.25) is 0 Å². The van der Waals surface area contributed by atoms with Gasteiger partial charge >= 0.3 is 5.97 Å². The lowest BCUT2D eigenvalue weighted by Gasteiger charge is -2.09. The van der Waals surface area contributed by atoms with Crippen molar-refractivity contribution in [3.8, 4) is 0 Å². The van der Waals surface area contributed by atoms with Crippen LogP contribution in [0.2, 0.25) is 0 Å². The Morgan fingerprint density at radius 2 is 2.07 bits per heavy atom. The van der Waals surface area contributed by atoms with E-state index >= 15 is 0 Å². The molecule has 0 saturated heterocycles. The SMILES string of the molecule is COC(=O)[C@H](C)/[N+]([O-])=C/c1ccccc1. The standard InChI is InChI=1S/C11H13NO3/c1-9(11(13)15-2)12(14)8-10-6-4-3-5-7-10/h3-9H,1-2H3/b12-8-/t9-/m0/s1. The van der Waals surface area contributed by atoms with E-state index in [4.69, 9.17) is 0 Å². The number of benzene rings is 1. The van der Waals surface area contributed by atoms with E-state index in [0.717, 1.165) is 5.56 Å². The van der Waals surface area contributed by atoms with Crippen LogP contribution in [-0.4, -0.2) is 30.1 Å². The van der Waals surface area contributed by atoms with Crippen molar-refractivity contribution in [2.75, 3.05) is 7.11 Å². The molecule has 0 aliphatic carbocycles. The normalized spacial score (nSPS) is 13.3. The first kappa shape index (κ1) is 11.2. The highest BCUT2D eigenvalue weighted by molar-refractivity contribution is 5.78. The average Bonchev–Trinajstić information content (AvgIpc) is 2.28. The zero-order chi connectivity index (χ0) is 11.3. The number of carbonyl (C=O) groups is 1. The Labute approximate surface area is 88.4 Å². The van der Waals surface area contributed by atoms with Crippen LogP contribution in [0.1, 0.15) is 12.5 Å². The number of methoxy groups -OCH3 is 1. The summed E-state index contributed by atoms with van der Waals surface area (Å²) in [4.78, 5) is 11.1. The van der Waals surface area contributed by atoms with Crippen LogP contribution >= 0.6 is 0 Å². The molecule has 0 fully saturated rings. The van der Waals surface area contributed by atoms with E-state index in [9.17, 15) is 10.0 Å². The molecule has 0 spiro atoms. The molecule has 4 nitrogen and oxygen atoms in total. The Balaban J connectivity index is 2.80. The van der Waals surface area contributed by atoms with E-state index in [1.54, 1.807) is 12.1 Å². The Bertz CT molecular complexity index is 359. The number of nitrogens with zero attached hydrogens (tertiary/aromatic N) is 1. The predicted molar refractivity (Wildman–Crippen MR) is 56.7 cm³/mol. The molecule has 0 aliphatic rings. The fourth-order valence-corrected chi connectivity index (χ4v) is 1.07. The Morgan fingerprint density at radius 1 is 1.47 bits per heavy atom. The van der Waals surface area contributed by atoms with Gasteiger partial charge < -0.3 is 9.94 Å². The molecule has 0 heterocycles. The largest absolute Gasteiger partial charge is 0.623 e. The maximum Gasteiger partial charge on any atom is 0.376 e. The van der Waals surface area contributed by atoms with Crippen LogP contribution in [0.5, 0.6) is 0 Å². The van der Waals surface area contributed by atoms with E-state index in [2.05, 4.69) is 4.74 Å². The molecule has 1 aromatic rings. The van der Waals surface area contributed by atoms with Gasteiger partial charge in [-0.1, -0.05) is 18.2 Å². The topological polar surface area (TPSA) is 52.4 Å². The fraction of sp³-hybridized carbons (Fsp3) is 0.273. The molecule has 4 heteroatoms. The summed E-state index contributed by atoms with van der Waals surface area (Å²) in [6, 6.07) is 8.25. The molecule has 0 aliphatic heterocycles. The molecule has 0 aromatic heterocycles. The van der Waals surface area contributed by atoms with Gasteiger partial charge in [-0.15, -0.1) is 0 Å². The van der Waals surface area contributed by atoms with Crippen LogP contribution in [0.3, 0.4) is 0 Å². The molecule has 1 atom stereocenters. The second kappa shape index (κ2) is 5.14. The smallest absolute Gasteiger partial charge is 0.376 e. The Kier molecular flexibility index (Phi) is 3.85. The first-order valence-electron chi connectivity index (χ1n) is 4.58. The number of esters is 1. The summed E-state index contributed by atoms with van der Waals surface area (Å²) < 4.78 is 5.05. The minimum atomic E-state index is -0.824. The van der Waals surface area contributed by atoms with Crippen LogP contribution in [0.25, 0.3) is 0 Å². The quantitative estimate of drug-likeness (QED) is 0.246. The molecule has 80 valence electrons. The highest BCUT2D eigenvalue weighted by atomic mass is 16.5. The van der Waals surface area contributed by atoms with E-state index in [1.807, 2.05) is 18.2 Å². The lowest BCUT2D eigenvalue weighted by atomic mass is 10.2. The van der Waals surface area contributed by atoms with Crippen LogP contribution in [0.4, 0.5) is 0 Å². The van der Waals surface area contributed by atoms with Gasteiger partial charge in [-0.25, -0.2) is 4.79 Å². The van der Waals surface area contributed by atoms with Crippen LogP contribution < -0.4 is 0 Å². The van der Waals surface area contributed by atoms with Gasteiger partial charge in [-0.05, 0) is 12.1 Å². The third-order valence-corrected chi connectivity index (χ3v) is 2.00. The number of hydrogen-bond donors (Lipinski definition) is 0. The Hall–Kier alpha value is -1.84. The predicted octanol–water partition coefficient (Wildman–Crippen LogP) is 1.18. The molecule has 0 unspecified atom stereocenters. The van der Waals surface area contributed by atoms with Gasteiger partial charge in [-0.2, -0.15) is 4.74 Å². The second-order valence-electron chi connectivity index (χ2n) is 3.10. The molecule has 0 bridgehead atoms. The minimum Gasteiger partial charge on any atom is -0.623 e. The summed E-state index contributed by atoms with van der Waals surface area (Å²) in [5, 5.41) is 11.5. The molecule has 0 saturated carbocycles. The summed E-state index contributed by atoms with van der Waals surface area (Å²) in [5.41, 5.74) is 0.753. The van der Waals surface area contributed by atoms with Gasteiger partial charge in [0.15, 0.2) is 6.21 Å². The van der Waals surface area contributed by atoms with Crippen molar-refractivity contribution in [2.24, 2.45) is 0 Å². The van der Waals surface area contributed by atoms with Gasteiger partial charge in [0.2, 0.25) is 0 Å². The third-order valence-electron chi connectivity index (χ3n) is 2.00. The highest BCUT2D eigenvalue weighted by Crippen LogP contribution is 1.97. The first-order chi connectivity index (χ1) is 7.15. The monoisotopic (exact) mass is 207 g/mol. The van der Waals surface area contributed by atoms with Gasteiger partial charge in [0.05, 0.1) is 7.11 Å². The molecule has 1 aromatic carbocycles. The van der Waals surface area contributed by atoms with E-state index in [0.29, 0.717) is 4.74 Å². The molecular weight excluding hydrogens is 194 g/mol. The van der Waals surface area contributed by atoms with Crippen molar-refractivity contribution in [3.63, 3.8) is 0 Å². The summed E-state index contributed by atoms with van der Waals surface area (Å²) >= 11 is 0. The van der Waals surface area contributed by atoms with Crippen molar-refractivity contribution in [2.45, 2.75) is 13.0 Å². The van der Waals surface area contributed by atoms with Crippen molar-refractivity contribution in [3.05, 3.63) is 41.1 Å². The summed E-state index contributed by atoms with van der Waals surface area (Å²) in [6.07, 6.45) is 1.36. The van der Waals surface area contributed by atoms with E-state index in [1.165, 1.54) is 20.2 Å². The average molecular weight is 207 g/mol. The van der Waals surface area contributed by atoms with E-state index in [-0.39, 0.29) is 0 Å². The van der Waals surface area contributed by atoms with Crippen molar-refractivity contribution in [1.29, 1.82) is 0 Å². The lowest BCUT2D eigenvalue weighted by Crippen LogP contribution is -2.29. The second-order valence-corrected chi connectivity index (χ2v) is 3.10. The maximum atomic E-state index is 11.5. The first-order valence-corrected chi connectivity index (χ1v) is 4.58. The highest BCUT2D eigenvalue weighted by Gasteiger charge is 2.20. The zero-order valence-corrected chi connectivity index (χ0v) is 8.71. The van der Waals surface area contributed by atoms with Crippen molar-refractivity contribution in [1.82, 2.24) is 0 Å². The van der Waals surface area contributed by atoms with Crippen molar-refractivity contribution < 1.29 is 14.3 Å². The summed E-state index contributed by atoms with van der Waals surface area (Å²) in [5.74, 6) is -0.544. The zero-order valence-electron chi connectivity index (χ0n) is 8.71. The fourth-order valence-electron chi connectivity index (χ4n) is 1.07. The van der Waals surface area contributed by atoms with E-state index < -0.39 is 12.0 Å². The number of rotatable bonds is 3. The minimum absolute atomic E-state index is 0.544. The van der Waals surface area contributed by atoms with Crippen LogP contribution in [0.15, 0.2) is 30.3 Å². The molecule has 0 radical (unpaired) electrons. The molecule has 0 N–H and O–H groups in total. The number of hydroxylamine groups is 1. The number of hydrogen-bond acceptors (Lipinski definition) is 3. The maximum absolute atomic E-state index is 11.5. The van der Waals surface area contributed by atoms with Crippen LogP contribution in [-0.2, 0) is 9.53 Å². The van der Waals surface area contributed by atoms with Crippen LogP contribution in [0, 0.1) is 5.21 Å². The Morgan fingerprint density at radius 3 is 2.60 bits per heavy atom. The van der Waals surface area contributed by atoms with Gasteiger partial charge in [0.25, 0.3) is 6.04 Å². The number of ether oxygens (including phenoxy) is 1. The summed E-state index contributed by atoms with van der Waals surface area (Å²) in [6.45, 7) is 1.50. The molecule has 15 heavy (non-hydrogen) atoms. The van der Waals surface area contributed by atoms with Gasteiger partial charge in [0, 0.05) is 12.5 Å². The molecule has 0 amide bonds. The molecule has 1 rings (SSSR count). The summed E-state index contributed by atoms with van der Waals surface area (Å²) in [7, 11) is 1.26. The molecular formula is C11H13NO3. The third kappa shape index (κ3) is 3.09. The van der Waals surface area contributed by atoms with Crippen molar-refractivity contribution >= 4 is 12.2 Å². The number of carbonyl (C=O) groups excluding carboxylic acids is 1. The lowest BCUT2D eigenvalue weighted by molar-refractivity contribution is -0.479.